The number of carbonyl (C=O) groups is 1. The van der Waals surface area contributed by atoms with E-state index in [0.717, 1.165) is 31.2 Å². The van der Waals surface area contributed by atoms with Crippen LogP contribution in [0.5, 0.6) is 5.75 Å². The Hall–Kier alpha value is -2.50. The van der Waals surface area contributed by atoms with Crippen molar-refractivity contribution in [1.29, 1.82) is 0 Å². The fraction of sp³-hybridized carbons (Fsp3) is 0.444. The summed E-state index contributed by atoms with van der Waals surface area (Å²) in [6.07, 6.45) is 5.76. The van der Waals surface area contributed by atoms with Crippen molar-refractivity contribution in [2.45, 2.75) is 50.5 Å². The second-order valence-corrected chi connectivity index (χ2v) is 6.76. The first-order valence-electron chi connectivity index (χ1n) is 8.56. The van der Waals surface area contributed by atoms with Crippen molar-refractivity contribution >= 4 is 11.7 Å². The van der Waals surface area contributed by atoms with Gasteiger partial charge in [-0.1, -0.05) is 31.4 Å². The third-order valence-electron chi connectivity index (χ3n) is 5.17. The standard InChI is InChI=1S/C18H21N3O3/c22-13-8-4-5-11(9-13)14-10-15(23)19-17-16(14)18(24)20-21(17)12-6-2-1-3-7-12/h4-5,8-9,12,14,22H,1-3,6-7,10H2,(H,19,23)(H,20,24)/t14-/m0/s1. The lowest BCUT2D eigenvalue weighted by molar-refractivity contribution is -0.116. The summed E-state index contributed by atoms with van der Waals surface area (Å²) >= 11 is 0. The first-order chi connectivity index (χ1) is 11.6. The average Bonchev–Trinajstić information content (AvgIpc) is 2.91. The molecule has 1 atom stereocenters. The van der Waals surface area contributed by atoms with E-state index < -0.39 is 0 Å². The molecule has 0 bridgehead atoms. The van der Waals surface area contributed by atoms with Crippen molar-refractivity contribution in [1.82, 2.24) is 9.78 Å². The fourth-order valence-corrected chi connectivity index (χ4v) is 4.02. The van der Waals surface area contributed by atoms with Gasteiger partial charge in [0.2, 0.25) is 5.91 Å². The Bertz CT molecular complexity index is 830. The third-order valence-corrected chi connectivity index (χ3v) is 5.17. The number of rotatable bonds is 2. The number of aromatic amines is 1. The van der Waals surface area contributed by atoms with E-state index in [1.807, 2.05) is 10.7 Å². The normalized spacial score (nSPS) is 21.3. The van der Waals surface area contributed by atoms with Crippen LogP contribution in [0.15, 0.2) is 29.1 Å². The summed E-state index contributed by atoms with van der Waals surface area (Å²) in [5.74, 6) is 0.327. The summed E-state index contributed by atoms with van der Waals surface area (Å²) in [6, 6.07) is 7.04. The molecule has 0 unspecified atom stereocenters. The number of anilines is 1. The number of amides is 1. The van der Waals surface area contributed by atoms with Crippen molar-refractivity contribution in [2.75, 3.05) is 5.32 Å². The Kier molecular flexibility index (Phi) is 3.67. The maximum atomic E-state index is 12.6. The predicted octanol–water partition coefficient (Wildman–Crippen LogP) is 2.86. The largest absolute Gasteiger partial charge is 0.508 e. The molecule has 6 heteroatoms. The van der Waals surface area contributed by atoms with Crippen LogP contribution in [-0.2, 0) is 4.79 Å². The van der Waals surface area contributed by atoms with Crippen molar-refractivity contribution in [3.63, 3.8) is 0 Å². The van der Waals surface area contributed by atoms with E-state index in [1.54, 1.807) is 18.2 Å². The quantitative estimate of drug-likeness (QED) is 0.792. The number of benzene rings is 1. The number of phenols is 1. The Morgan fingerprint density at radius 3 is 2.67 bits per heavy atom. The van der Waals surface area contributed by atoms with E-state index in [9.17, 15) is 14.7 Å². The number of aromatic hydroxyl groups is 1. The molecule has 2 heterocycles. The van der Waals surface area contributed by atoms with Gasteiger partial charge in [0.05, 0.1) is 11.6 Å². The zero-order chi connectivity index (χ0) is 16.7. The molecular formula is C18H21N3O3. The second-order valence-electron chi connectivity index (χ2n) is 6.76. The Morgan fingerprint density at radius 1 is 1.12 bits per heavy atom. The predicted molar refractivity (Wildman–Crippen MR) is 90.4 cm³/mol. The number of carbonyl (C=O) groups excluding carboxylic acids is 1. The Morgan fingerprint density at radius 2 is 1.92 bits per heavy atom. The van der Waals surface area contributed by atoms with Crippen LogP contribution in [0.25, 0.3) is 0 Å². The van der Waals surface area contributed by atoms with Gasteiger partial charge in [-0.2, -0.15) is 0 Å². The highest BCUT2D eigenvalue weighted by molar-refractivity contribution is 5.94. The number of hydrogen-bond donors (Lipinski definition) is 3. The molecule has 2 aliphatic rings. The minimum absolute atomic E-state index is 0.0978. The Balaban J connectivity index is 1.81. The highest BCUT2D eigenvalue weighted by Crippen LogP contribution is 2.38. The van der Waals surface area contributed by atoms with E-state index in [2.05, 4.69) is 10.4 Å². The minimum atomic E-state index is -0.325. The van der Waals surface area contributed by atoms with E-state index in [-0.39, 0.29) is 35.6 Å². The van der Waals surface area contributed by atoms with Crippen LogP contribution in [0, 0.1) is 0 Å². The van der Waals surface area contributed by atoms with Gasteiger partial charge in [-0.05, 0) is 30.5 Å². The van der Waals surface area contributed by atoms with Crippen LogP contribution in [-0.4, -0.2) is 20.8 Å². The van der Waals surface area contributed by atoms with Gasteiger partial charge in [0.25, 0.3) is 5.56 Å². The van der Waals surface area contributed by atoms with Crippen LogP contribution in [0.1, 0.15) is 61.6 Å². The smallest absolute Gasteiger partial charge is 0.270 e. The van der Waals surface area contributed by atoms with Crippen molar-refractivity contribution in [2.24, 2.45) is 0 Å². The van der Waals surface area contributed by atoms with Gasteiger partial charge in [-0.15, -0.1) is 0 Å². The van der Waals surface area contributed by atoms with Crippen LogP contribution < -0.4 is 10.9 Å². The summed E-state index contributed by atoms with van der Waals surface area (Å²) < 4.78 is 1.86. The topological polar surface area (TPSA) is 87.1 Å². The number of fused-ring (bicyclic) bond motifs is 1. The van der Waals surface area contributed by atoms with E-state index in [0.29, 0.717) is 11.4 Å². The number of hydrogen-bond acceptors (Lipinski definition) is 3. The zero-order valence-electron chi connectivity index (χ0n) is 13.4. The molecule has 0 radical (unpaired) electrons. The number of nitrogens with zero attached hydrogens (tertiary/aromatic N) is 1. The van der Waals surface area contributed by atoms with E-state index in [1.165, 1.54) is 6.42 Å². The minimum Gasteiger partial charge on any atom is -0.508 e. The zero-order valence-corrected chi connectivity index (χ0v) is 13.4. The van der Waals surface area contributed by atoms with Crippen molar-refractivity contribution < 1.29 is 9.90 Å². The van der Waals surface area contributed by atoms with Crippen LogP contribution in [0.4, 0.5) is 5.82 Å². The number of H-pyrrole nitrogens is 1. The SMILES string of the molecule is O=C1C[C@@H](c2cccc(O)c2)c2c(n(C3CCCCC3)[nH]c2=O)N1. The Labute approximate surface area is 139 Å². The molecule has 1 fully saturated rings. The maximum Gasteiger partial charge on any atom is 0.270 e. The molecule has 24 heavy (non-hydrogen) atoms. The first kappa shape index (κ1) is 15.1. The van der Waals surface area contributed by atoms with Gasteiger partial charge < -0.3 is 10.4 Å². The van der Waals surface area contributed by atoms with Crippen molar-refractivity contribution in [3.8, 4) is 5.75 Å². The molecule has 3 N–H and O–H groups in total. The van der Waals surface area contributed by atoms with Gasteiger partial charge in [0.1, 0.15) is 11.6 Å². The molecule has 1 aliphatic carbocycles. The lowest BCUT2D eigenvalue weighted by Gasteiger charge is -2.28. The highest BCUT2D eigenvalue weighted by atomic mass is 16.3. The molecule has 1 aromatic carbocycles. The van der Waals surface area contributed by atoms with Crippen LogP contribution in [0.3, 0.4) is 0 Å². The van der Waals surface area contributed by atoms with Gasteiger partial charge in [0, 0.05) is 12.3 Å². The summed E-state index contributed by atoms with van der Waals surface area (Å²) in [5, 5.41) is 15.6. The molecule has 6 nitrogen and oxygen atoms in total. The van der Waals surface area contributed by atoms with Crippen LogP contribution in [0.2, 0.25) is 0 Å². The lowest BCUT2D eigenvalue weighted by atomic mass is 9.87. The lowest BCUT2D eigenvalue weighted by Crippen LogP contribution is -2.27. The van der Waals surface area contributed by atoms with Gasteiger partial charge in [0.15, 0.2) is 0 Å². The van der Waals surface area contributed by atoms with Crippen molar-refractivity contribution in [3.05, 3.63) is 45.7 Å². The third kappa shape index (κ3) is 2.52. The van der Waals surface area contributed by atoms with E-state index >= 15 is 0 Å². The molecule has 1 saturated carbocycles. The number of aromatic nitrogens is 2. The molecule has 126 valence electrons. The molecule has 4 rings (SSSR count). The number of phenolic OH excluding ortho intramolecular Hbond substituents is 1. The van der Waals surface area contributed by atoms with Gasteiger partial charge in [-0.3, -0.25) is 19.4 Å². The second kappa shape index (κ2) is 5.85. The maximum absolute atomic E-state index is 12.6. The average molecular weight is 327 g/mol. The summed E-state index contributed by atoms with van der Waals surface area (Å²) in [4.78, 5) is 24.8. The summed E-state index contributed by atoms with van der Waals surface area (Å²) in [5.41, 5.74) is 1.24. The van der Waals surface area contributed by atoms with Gasteiger partial charge >= 0.3 is 0 Å². The summed E-state index contributed by atoms with van der Waals surface area (Å²) in [7, 11) is 0. The highest BCUT2D eigenvalue weighted by Gasteiger charge is 2.34. The molecule has 1 aromatic heterocycles. The first-order valence-corrected chi connectivity index (χ1v) is 8.56. The molecule has 1 amide bonds. The number of nitrogens with one attached hydrogen (secondary N) is 2. The fourth-order valence-electron chi connectivity index (χ4n) is 4.02. The molecule has 1 aliphatic heterocycles. The van der Waals surface area contributed by atoms with E-state index in [4.69, 9.17) is 0 Å². The van der Waals surface area contributed by atoms with Gasteiger partial charge in [-0.25, -0.2) is 0 Å². The monoisotopic (exact) mass is 327 g/mol. The summed E-state index contributed by atoms with van der Waals surface area (Å²) in [6.45, 7) is 0. The molecule has 0 spiro atoms. The molecule has 0 saturated heterocycles. The molecular weight excluding hydrogens is 306 g/mol. The molecule has 2 aromatic rings. The van der Waals surface area contributed by atoms with Crippen LogP contribution >= 0.6 is 0 Å².